The third-order valence-electron chi connectivity index (χ3n) is 2.93. The zero-order valence-corrected chi connectivity index (χ0v) is 9.64. The van der Waals surface area contributed by atoms with Crippen LogP contribution in [0, 0.1) is 5.92 Å². The fourth-order valence-electron chi connectivity index (χ4n) is 1.89. The Morgan fingerprint density at radius 1 is 1.44 bits per heavy atom. The molecule has 0 unspecified atom stereocenters. The molecular formula is C12H19F2NO. The zero-order chi connectivity index (χ0) is 12.0. The van der Waals surface area contributed by atoms with E-state index in [0.29, 0.717) is 19.4 Å². The van der Waals surface area contributed by atoms with Gasteiger partial charge < -0.3 is 5.32 Å². The lowest BCUT2D eigenvalue weighted by Gasteiger charge is -2.27. The van der Waals surface area contributed by atoms with Gasteiger partial charge >= 0.3 is 0 Å². The van der Waals surface area contributed by atoms with Crippen LogP contribution in [0.4, 0.5) is 8.78 Å². The van der Waals surface area contributed by atoms with Crippen LogP contribution in [0.15, 0.2) is 12.2 Å². The van der Waals surface area contributed by atoms with Gasteiger partial charge in [-0.3, -0.25) is 4.79 Å². The third-order valence-corrected chi connectivity index (χ3v) is 2.93. The number of amides is 1. The molecule has 1 aliphatic rings. The average molecular weight is 231 g/mol. The van der Waals surface area contributed by atoms with E-state index >= 15 is 0 Å². The number of allylic oxidation sites excluding steroid dienone is 1. The minimum atomic E-state index is -2.55. The lowest BCUT2D eigenvalue weighted by Crippen LogP contribution is -2.36. The molecule has 0 atom stereocenters. The highest BCUT2D eigenvalue weighted by Gasteiger charge is 2.37. The number of nitrogens with one attached hydrogen (secondary N) is 1. The Hall–Kier alpha value is -0.930. The van der Waals surface area contributed by atoms with Crippen molar-refractivity contribution in [1.29, 1.82) is 0 Å². The maximum Gasteiger partial charge on any atom is 0.248 e. The normalized spacial score (nSPS) is 21.2. The van der Waals surface area contributed by atoms with Crippen molar-refractivity contribution in [3.05, 3.63) is 12.2 Å². The van der Waals surface area contributed by atoms with Gasteiger partial charge in [0.15, 0.2) is 0 Å². The molecule has 0 aromatic heterocycles. The van der Waals surface area contributed by atoms with E-state index in [9.17, 15) is 13.6 Å². The zero-order valence-electron chi connectivity index (χ0n) is 9.64. The highest BCUT2D eigenvalue weighted by atomic mass is 19.3. The topological polar surface area (TPSA) is 29.1 Å². The van der Waals surface area contributed by atoms with Gasteiger partial charge in [-0.15, -0.1) is 0 Å². The van der Waals surface area contributed by atoms with Crippen molar-refractivity contribution in [3.8, 4) is 0 Å². The molecule has 16 heavy (non-hydrogen) atoms. The van der Waals surface area contributed by atoms with Crippen LogP contribution in [0.25, 0.3) is 0 Å². The van der Waals surface area contributed by atoms with Crippen molar-refractivity contribution < 1.29 is 13.6 Å². The molecule has 4 heteroatoms. The van der Waals surface area contributed by atoms with Crippen LogP contribution < -0.4 is 5.32 Å². The van der Waals surface area contributed by atoms with Gasteiger partial charge in [0.1, 0.15) is 0 Å². The molecule has 1 saturated carbocycles. The molecular weight excluding hydrogens is 212 g/mol. The summed E-state index contributed by atoms with van der Waals surface area (Å²) in [5.74, 6) is -2.84. The number of hydrogen-bond acceptors (Lipinski definition) is 1. The Morgan fingerprint density at radius 2 is 2.06 bits per heavy atom. The first-order valence-corrected chi connectivity index (χ1v) is 5.82. The van der Waals surface area contributed by atoms with E-state index in [1.807, 2.05) is 19.1 Å². The number of rotatable bonds is 4. The lowest BCUT2D eigenvalue weighted by molar-refractivity contribution is -0.129. The van der Waals surface area contributed by atoms with Gasteiger partial charge in [-0.25, -0.2) is 8.78 Å². The molecule has 0 aliphatic heterocycles. The number of alkyl halides is 2. The summed E-state index contributed by atoms with van der Waals surface area (Å²) in [5.41, 5.74) is 0. The first kappa shape index (κ1) is 13.1. The van der Waals surface area contributed by atoms with E-state index in [1.54, 1.807) is 0 Å². The number of halogens is 2. The standard InChI is InChI=1S/C12H19F2NO/c1-2-3-4-9-15-11(16)10-5-7-12(13,14)8-6-10/h2-3,10H,4-9H2,1H3,(H,15,16)/b3-2+. The maximum atomic E-state index is 12.9. The molecule has 1 amide bonds. The Bertz CT molecular complexity index is 254. The van der Waals surface area contributed by atoms with E-state index in [0.717, 1.165) is 6.42 Å². The first-order valence-electron chi connectivity index (χ1n) is 5.82. The van der Waals surface area contributed by atoms with Crippen molar-refractivity contribution in [3.63, 3.8) is 0 Å². The Labute approximate surface area is 95.1 Å². The summed E-state index contributed by atoms with van der Waals surface area (Å²) in [7, 11) is 0. The first-order chi connectivity index (χ1) is 7.55. The highest BCUT2D eigenvalue weighted by molar-refractivity contribution is 5.78. The van der Waals surface area contributed by atoms with E-state index in [2.05, 4.69) is 5.32 Å². The highest BCUT2D eigenvalue weighted by Crippen LogP contribution is 2.36. The maximum absolute atomic E-state index is 12.9. The fraction of sp³-hybridized carbons (Fsp3) is 0.750. The fourth-order valence-corrected chi connectivity index (χ4v) is 1.89. The van der Waals surface area contributed by atoms with Crippen LogP contribution in [0.5, 0.6) is 0 Å². The van der Waals surface area contributed by atoms with Gasteiger partial charge in [0, 0.05) is 25.3 Å². The SMILES string of the molecule is C/C=C/CCNC(=O)C1CCC(F)(F)CC1. The second kappa shape index (κ2) is 5.97. The van der Waals surface area contributed by atoms with Crippen LogP contribution in [0.3, 0.4) is 0 Å². The molecule has 1 fully saturated rings. The molecule has 0 aromatic carbocycles. The number of carbonyl (C=O) groups is 1. The summed E-state index contributed by atoms with van der Waals surface area (Å²) in [6.45, 7) is 2.51. The number of hydrogen-bond donors (Lipinski definition) is 1. The molecule has 0 aromatic rings. The lowest BCUT2D eigenvalue weighted by atomic mass is 9.86. The molecule has 92 valence electrons. The van der Waals surface area contributed by atoms with Gasteiger partial charge in [-0.2, -0.15) is 0 Å². The summed E-state index contributed by atoms with van der Waals surface area (Å²) >= 11 is 0. The van der Waals surface area contributed by atoms with Crippen molar-refractivity contribution in [2.45, 2.75) is 45.0 Å². The van der Waals surface area contributed by atoms with Crippen molar-refractivity contribution in [2.24, 2.45) is 5.92 Å². The van der Waals surface area contributed by atoms with Gasteiger partial charge in [0.05, 0.1) is 0 Å². The van der Waals surface area contributed by atoms with Crippen LogP contribution in [0.1, 0.15) is 39.0 Å². The van der Waals surface area contributed by atoms with Crippen molar-refractivity contribution >= 4 is 5.91 Å². The molecule has 0 spiro atoms. The molecule has 0 radical (unpaired) electrons. The minimum absolute atomic E-state index is 0.0694. The van der Waals surface area contributed by atoms with Crippen LogP contribution in [-0.2, 0) is 4.79 Å². The van der Waals surface area contributed by atoms with Gasteiger partial charge in [0.25, 0.3) is 0 Å². The Kier molecular flexibility index (Phi) is 4.90. The molecule has 1 aliphatic carbocycles. The largest absolute Gasteiger partial charge is 0.356 e. The van der Waals surface area contributed by atoms with Crippen molar-refractivity contribution in [2.75, 3.05) is 6.54 Å². The van der Waals surface area contributed by atoms with Crippen molar-refractivity contribution in [1.82, 2.24) is 5.32 Å². The molecule has 1 N–H and O–H groups in total. The Morgan fingerprint density at radius 3 is 2.62 bits per heavy atom. The smallest absolute Gasteiger partial charge is 0.248 e. The van der Waals surface area contributed by atoms with Gasteiger partial charge in [0.2, 0.25) is 11.8 Å². The van der Waals surface area contributed by atoms with E-state index in [-0.39, 0.29) is 24.7 Å². The van der Waals surface area contributed by atoms with Crippen LogP contribution >= 0.6 is 0 Å². The summed E-state index contributed by atoms with van der Waals surface area (Å²) in [4.78, 5) is 11.6. The van der Waals surface area contributed by atoms with Gasteiger partial charge in [-0.05, 0) is 26.2 Å². The minimum Gasteiger partial charge on any atom is -0.356 e. The molecule has 0 heterocycles. The van der Waals surface area contributed by atoms with Crippen LogP contribution in [-0.4, -0.2) is 18.4 Å². The summed E-state index contributed by atoms with van der Waals surface area (Å²) in [5, 5.41) is 2.78. The molecule has 0 bridgehead atoms. The molecule has 0 saturated heterocycles. The summed E-state index contributed by atoms with van der Waals surface area (Å²) in [6.07, 6.45) is 5.00. The number of carbonyl (C=O) groups excluding carboxylic acids is 1. The van der Waals surface area contributed by atoms with Crippen LogP contribution in [0.2, 0.25) is 0 Å². The van der Waals surface area contributed by atoms with E-state index in [1.165, 1.54) is 0 Å². The second-order valence-electron chi connectivity index (χ2n) is 4.28. The monoisotopic (exact) mass is 231 g/mol. The Balaban J connectivity index is 2.23. The predicted molar refractivity (Wildman–Crippen MR) is 59.3 cm³/mol. The van der Waals surface area contributed by atoms with E-state index < -0.39 is 5.92 Å². The third kappa shape index (κ3) is 4.29. The second-order valence-corrected chi connectivity index (χ2v) is 4.28. The van der Waals surface area contributed by atoms with E-state index in [4.69, 9.17) is 0 Å². The summed E-state index contributed by atoms with van der Waals surface area (Å²) in [6, 6.07) is 0. The quantitative estimate of drug-likeness (QED) is 0.585. The predicted octanol–water partition coefficient (Wildman–Crippen LogP) is 2.89. The average Bonchev–Trinajstić information content (AvgIpc) is 2.24. The summed E-state index contributed by atoms with van der Waals surface area (Å²) < 4.78 is 25.7. The van der Waals surface area contributed by atoms with Gasteiger partial charge in [-0.1, -0.05) is 12.2 Å². The molecule has 1 rings (SSSR count). The molecule has 2 nitrogen and oxygen atoms in total.